The third-order valence-corrected chi connectivity index (χ3v) is 3.72. The van der Waals surface area contributed by atoms with Crippen LogP contribution in [-0.2, 0) is 19.3 Å². The Balaban J connectivity index is 1.80. The molecule has 19 heavy (non-hydrogen) atoms. The summed E-state index contributed by atoms with van der Waals surface area (Å²) in [6.45, 7) is 0.689. The maximum absolute atomic E-state index is 13.6. The van der Waals surface area contributed by atoms with E-state index in [0.717, 1.165) is 30.7 Å². The standard InChI is InChI=1S/C15H17FN2O/c16-12-4-2-1-3-11(12)8-15-18-13-7-10(9-17)5-6-14(13)19-15/h1-4,10H,5-9,17H2. The zero-order valence-electron chi connectivity index (χ0n) is 10.7. The lowest BCUT2D eigenvalue weighted by atomic mass is 9.90. The summed E-state index contributed by atoms with van der Waals surface area (Å²) in [4.78, 5) is 4.50. The molecule has 0 saturated carbocycles. The lowest BCUT2D eigenvalue weighted by Gasteiger charge is -2.17. The number of hydrogen-bond acceptors (Lipinski definition) is 3. The summed E-state index contributed by atoms with van der Waals surface area (Å²) < 4.78 is 19.3. The van der Waals surface area contributed by atoms with E-state index in [9.17, 15) is 4.39 Å². The highest BCUT2D eigenvalue weighted by atomic mass is 19.1. The minimum absolute atomic E-state index is 0.210. The van der Waals surface area contributed by atoms with E-state index in [-0.39, 0.29) is 5.82 Å². The van der Waals surface area contributed by atoms with Gasteiger partial charge in [-0.25, -0.2) is 9.37 Å². The van der Waals surface area contributed by atoms with Gasteiger partial charge in [-0.2, -0.15) is 0 Å². The van der Waals surface area contributed by atoms with Crippen molar-refractivity contribution in [3.8, 4) is 0 Å². The van der Waals surface area contributed by atoms with Gasteiger partial charge in [0.25, 0.3) is 0 Å². The topological polar surface area (TPSA) is 52.0 Å². The number of benzene rings is 1. The zero-order chi connectivity index (χ0) is 13.2. The van der Waals surface area contributed by atoms with E-state index in [1.54, 1.807) is 12.1 Å². The molecule has 3 nitrogen and oxygen atoms in total. The molecule has 1 heterocycles. The van der Waals surface area contributed by atoms with Gasteiger partial charge < -0.3 is 10.2 Å². The van der Waals surface area contributed by atoms with Gasteiger partial charge in [-0.15, -0.1) is 0 Å². The van der Waals surface area contributed by atoms with Gasteiger partial charge in [-0.3, -0.25) is 0 Å². The minimum Gasteiger partial charge on any atom is -0.445 e. The largest absolute Gasteiger partial charge is 0.445 e. The van der Waals surface area contributed by atoms with Gasteiger partial charge in [0.05, 0.1) is 12.1 Å². The molecule has 1 aromatic carbocycles. The van der Waals surface area contributed by atoms with Crippen molar-refractivity contribution >= 4 is 0 Å². The number of rotatable bonds is 3. The van der Waals surface area contributed by atoms with Gasteiger partial charge in [-0.05, 0) is 36.9 Å². The van der Waals surface area contributed by atoms with Crippen LogP contribution in [0.5, 0.6) is 0 Å². The Bertz CT molecular complexity index is 579. The highest BCUT2D eigenvalue weighted by Gasteiger charge is 2.23. The van der Waals surface area contributed by atoms with E-state index in [0.29, 0.717) is 30.3 Å². The van der Waals surface area contributed by atoms with E-state index >= 15 is 0 Å². The summed E-state index contributed by atoms with van der Waals surface area (Å²) in [6, 6.07) is 6.74. The van der Waals surface area contributed by atoms with Crippen LogP contribution in [-0.4, -0.2) is 11.5 Å². The Kier molecular flexibility index (Phi) is 3.34. The second-order valence-electron chi connectivity index (χ2n) is 5.09. The monoisotopic (exact) mass is 260 g/mol. The van der Waals surface area contributed by atoms with Crippen LogP contribution < -0.4 is 5.73 Å². The molecule has 3 rings (SSSR count). The number of hydrogen-bond donors (Lipinski definition) is 1. The van der Waals surface area contributed by atoms with Gasteiger partial charge in [0, 0.05) is 6.42 Å². The average molecular weight is 260 g/mol. The Hall–Kier alpha value is -1.68. The number of nitrogens with two attached hydrogens (primary N) is 1. The lowest BCUT2D eigenvalue weighted by Crippen LogP contribution is -2.21. The van der Waals surface area contributed by atoms with Gasteiger partial charge in [-0.1, -0.05) is 18.2 Å². The van der Waals surface area contributed by atoms with Crippen molar-refractivity contribution in [1.29, 1.82) is 0 Å². The zero-order valence-corrected chi connectivity index (χ0v) is 10.7. The van der Waals surface area contributed by atoms with Crippen LogP contribution in [0, 0.1) is 11.7 Å². The molecule has 0 bridgehead atoms. The molecule has 2 aromatic rings. The molecule has 0 amide bonds. The van der Waals surface area contributed by atoms with Gasteiger partial charge in [0.1, 0.15) is 11.6 Å². The summed E-state index contributed by atoms with van der Waals surface area (Å²) in [5.74, 6) is 1.85. The Labute approximate surface area is 111 Å². The molecule has 1 aliphatic carbocycles. The van der Waals surface area contributed by atoms with Crippen LogP contribution in [0.15, 0.2) is 28.7 Å². The second kappa shape index (κ2) is 5.13. The van der Waals surface area contributed by atoms with Crippen LogP contribution >= 0.6 is 0 Å². The van der Waals surface area contributed by atoms with E-state index in [1.807, 2.05) is 6.07 Å². The molecule has 1 aliphatic rings. The SMILES string of the molecule is NCC1CCc2oc(Cc3ccccc3F)nc2C1. The lowest BCUT2D eigenvalue weighted by molar-refractivity contribution is 0.398. The molecule has 2 N–H and O–H groups in total. The third-order valence-electron chi connectivity index (χ3n) is 3.72. The minimum atomic E-state index is -0.210. The molecule has 1 aromatic heterocycles. The number of fused-ring (bicyclic) bond motifs is 1. The molecule has 0 saturated heterocycles. The fourth-order valence-electron chi connectivity index (χ4n) is 2.58. The molecule has 1 atom stereocenters. The van der Waals surface area contributed by atoms with Crippen molar-refractivity contribution in [1.82, 2.24) is 4.98 Å². The predicted octanol–water partition coefficient (Wildman–Crippen LogP) is 2.47. The van der Waals surface area contributed by atoms with Crippen molar-refractivity contribution < 1.29 is 8.81 Å². The normalized spacial score (nSPS) is 18.3. The van der Waals surface area contributed by atoms with Crippen LogP contribution in [0.4, 0.5) is 4.39 Å². The first-order valence-electron chi connectivity index (χ1n) is 6.67. The summed E-state index contributed by atoms with van der Waals surface area (Å²) in [5, 5.41) is 0. The molecular weight excluding hydrogens is 243 g/mol. The van der Waals surface area contributed by atoms with Gasteiger partial charge in [0.15, 0.2) is 5.89 Å². The summed E-state index contributed by atoms with van der Waals surface area (Å²) in [5.41, 5.74) is 7.33. The fraction of sp³-hybridized carbons (Fsp3) is 0.400. The van der Waals surface area contributed by atoms with Crippen LogP contribution in [0.25, 0.3) is 0 Å². The average Bonchev–Trinajstić information content (AvgIpc) is 2.82. The third kappa shape index (κ3) is 2.54. The number of halogens is 1. The van der Waals surface area contributed by atoms with E-state index in [2.05, 4.69) is 4.98 Å². The molecule has 100 valence electrons. The van der Waals surface area contributed by atoms with E-state index < -0.39 is 0 Å². The summed E-state index contributed by atoms with van der Waals surface area (Å²) in [7, 11) is 0. The Morgan fingerprint density at radius 3 is 3.00 bits per heavy atom. The van der Waals surface area contributed by atoms with Gasteiger partial charge >= 0.3 is 0 Å². The molecule has 0 radical (unpaired) electrons. The van der Waals surface area contributed by atoms with Crippen LogP contribution in [0.3, 0.4) is 0 Å². The number of nitrogens with zero attached hydrogens (tertiary/aromatic N) is 1. The summed E-state index contributed by atoms with van der Waals surface area (Å²) >= 11 is 0. The molecule has 1 unspecified atom stereocenters. The number of aryl methyl sites for hydroxylation is 1. The first kappa shape index (κ1) is 12.4. The van der Waals surface area contributed by atoms with E-state index in [4.69, 9.17) is 10.2 Å². The van der Waals surface area contributed by atoms with Crippen molar-refractivity contribution in [3.63, 3.8) is 0 Å². The van der Waals surface area contributed by atoms with Crippen molar-refractivity contribution in [2.45, 2.75) is 25.7 Å². The van der Waals surface area contributed by atoms with Crippen LogP contribution in [0.1, 0.15) is 29.3 Å². The number of aromatic nitrogens is 1. The van der Waals surface area contributed by atoms with Crippen LogP contribution in [0.2, 0.25) is 0 Å². The maximum Gasteiger partial charge on any atom is 0.199 e. The highest BCUT2D eigenvalue weighted by molar-refractivity contribution is 5.22. The van der Waals surface area contributed by atoms with Gasteiger partial charge in [0.2, 0.25) is 0 Å². The van der Waals surface area contributed by atoms with Crippen molar-refractivity contribution in [2.75, 3.05) is 6.54 Å². The number of oxazole rings is 1. The Morgan fingerprint density at radius 1 is 1.37 bits per heavy atom. The molecule has 0 fully saturated rings. The molecule has 4 heteroatoms. The first-order chi connectivity index (χ1) is 9.26. The summed E-state index contributed by atoms with van der Waals surface area (Å²) in [6.07, 6.45) is 3.23. The first-order valence-corrected chi connectivity index (χ1v) is 6.67. The fourth-order valence-corrected chi connectivity index (χ4v) is 2.58. The predicted molar refractivity (Wildman–Crippen MR) is 70.3 cm³/mol. The molecule has 0 spiro atoms. The highest BCUT2D eigenvalue weighted by Crippen LogP contribution is 2.26. The molecular formula is C15H17FN2O. The maximum atomic E-state index is 13.6. The van der Waals surface area contributed by atoms with E-state index in [1.165, 1.54) is 6.07 Å². The Morgan fingerprint density at radius 2 is 2.21 bits per heavy atom. The van der Waals surface area contributed by atoms with Crippen molar-refractivity contribution in [2.24, 2.45) is 11.7 Å². The molecule has 0 aliphatic heterocycles. The smallest absolute Gasteiger partial charge is 0.199 e. The quantitative estimate of drug-likeness (QED) is 0.922. The second-order valence-corrected chi connectivity index (χ2v) is 5.09. The van der Waals surface area contributed by atoms with Crippen molar-refractivity contribution in [3.05, 3.63) is 53.0 Å².